The second-order valence-corrected chi connectivity index (χ2v) is 4.60. The average molecular weight is 223 g/mol. The Morgan fingerprint density at radius 3 is 2.88 bits per heavy atom. The second kappa shape index (κ2) is 4.29. The van der Waals surface area contributed by atoms with Gasteiger partial charge in [0.25, 0.3) is 5.91 Å². The number of rotatable bonds is 5. The van der Waals surface area contributed by atoms with Gasteiger partial charge in [0.05, 0.1) is 5.56 Å². The van der Waals surface area contributed by atoms with Crippen LogP contribution < -0.4 is 5.32 Å². The van der Waals surface area contributed by atoms with Crippen molar-refractivity contribution in [2.45, 2.75) is 26.2 Å². The monoisotopic (exact) mass is 223 g/mol. The number of aryl methyl sites for hydroxylation is 1. The largest absolute Gasteiger partial charge is 0.469 e. The highest BCUT2D eigenvalue weighted by atomic mass is 16.3. The Morgan fingerprint density at radius 2 is 2.38 bits per heavy atom. The normalized spacial score (nSPS) is 17.1. The van der Waals surface area contributed by atoms with Gasteiger partial charge in [-0.05, 0) is 37.7 Å². The summed E-state index contributed by atoms with van der Waals surface area (Å²) in [6.07, 6.45) is 4.44. The molecule has 4 heteroatoms. The van der Waals surface area contributed by atoms with Crippen LogP contribution in [0.5, 0.6) is 0 Å². The Kier molecular flexibility index (Phi) is 3.01. The summed E-state index contributed by atoms with van der Waals surface area (Å²) in [5.41, 5.74) is 0.723. The predicted octanol–water partition coefficient (Wildman–Crippen LogP) is 1.48. The van der Waals surface area contributed by atoms with Crippen molar-refractivity contribution in [1.82, 2.24) is 5.32 Å². The summed E-state index contributed by atoms with van der Waals surface area (Å²) in [6, 6.07) is 1.72. The molecule has 1 aliphatic rings. The number of hydrogen-bond donors (Lipinski definition) is 2. The number of carbonyl (C=O) groups is 1. The van der Waals surface area contributed by atoms with E-state index in [1.807, 2.05) is 6.92 Å². The molecule has 0 bridgehead atoms. The van der Waals surface area contributed by atoms with Crippen LogP contribution >= 0.6 is 0 Å². The van der Waals surface area contributed by atoms with Crippen LogP contribution in [0.1, 0.15) is 35.4 Å². The third kappa shape index (κ3) is 2.44. The molecular weight excluding hydrogens is 206 g/mol. The molecule has 0 unspecified atom stereocenters. The molecule has 1 fully saturated rings. The van der Waals surface area contributed by atoms with E-state index in [1.165, 1.54) is 6.26 Å². The molecule has 0 aromatic carbocycles. The van der Waals surface area contributed by atoms with Crippen LogP contribution in [0.2, 0.25) is 0 Å². The van der Waals surface area contributed by atoms with Crippen LogP contribution in [0.25, 0.3) is 0 Å². The first-order chi connectivity index (χ1) is 7.65. The predicted molar refractivity (Wildman–Crippen MR) is 59.1 cm³/mol. The van der Waals surface area contributed by atoms with E-state index in [1.54, 1.807) is 6.07 Å². The van der Waals surface area contributed by atoms with Crippen molar-refractivity contribution < 1.29 is 14.3 Å². The first-order valence-electron chi connectivity index (χ1n) is 5.59. The van der Waals surface area contributed by atoms with Crippen LogP contribution in [0.15, 0.2) is 16.7 Å². The van der Waals surface area contributed by atoms with Gasteiger partial charge in [0, 0.05) is 13.2 Å². The molecule has 16 heavy (non-hydrogen) atoms. The van der Waals surface area contributed by atoms with E-state index >= 15 is 0 Å². The number of hydrogen-bond acceptors (Lipinski definition) is 3. The zero-order chi connectivity index (χ0) is 11.6. The molecule has 1 aromatic heterocycles. The van der Waals surface area contributed by atoms with E-state index < -0.39 is 0 Å². The number of furan rings is 1. The summed E-state index contributed by atoms with van der Waals surface area (Å²) in [5, 5.41) is 11.8. The number of aliphatic hydroxyl groups is 1. The van der Waals surface area contributed by atoms with Crippen LogP contribution in [0.4, 0.5) is 0 Å². The fourth-order valence-electron chi connectivity index (χ4n) is 1.86. The Balaban J connectivity index is 1.84. The van der Waals surface area contributed by atoms with Crippen LogP contribution in [0.3, 0.4) is 0 Å². The van der Waals surface area contributed by atoms with Crippen molar-refractivity contribution in [3.63, 3.8) is 0 Å². The molecule has 1 saturated carbocycles. The minimum Gasteiger partial charge on any atom is -0.469 e. The summed E-state index contributed by atoms with van der Waals surface area (Å²) in [4.78, 5) is 11.7. The summed E-state index contributed by atoms with van der Waals surface area (Å²) >= 11 is 0. The summed E-state index contributed by atoms with van der Waals surface area (Å²) in [6.45, 7) is 2.65. The summed E-state index contributed by atoms with van der Waals surface area (Å²) in [5.74, 6) is 0.641. The minimum absolute atomic E-state index is 0.0962. The number of aliphatic hydroxyl groups excluding tert-OH is 1. The highest BCUT2D eigenvalue weighted by molar-refractivity contribution is 5.93. The standard InChI is InChI=1S/C12H17NO3/c1-9-6-10(7-16-9)11(15)13-8-12(2-3-12)4-5-14/h6-7,14H,2-5,8H2,1H3,(H,13,15). The lowest BCUT2D eigenvalue weighted by molar-refractivity contribution is 0.0940. The third-order valence-electron chi connectivity index (χ3n) is 3.22. The number of amides is 1. The Hall–Kier alpha value is -1.29. The third-order valence-corrected chi connectivity index (χ3v) is 3.22. The molecule has 2 rings (SSSR count). The van der Waals surface area contributed by atoms with Crippen LogP contribution in [0, 0.1) is 12.3 Å². The van der Waals surface area contributed by atoms with Gasteiger partial charge in [-0.25, -0.2) is 0 Å². The maximum Gasteiger partial charge on any atom is 0.254 e. The van der Waals surface area contributed by atoms with Crippen molar-refractivity contribution in [3.8, 4) is 0 Å². The van der Waals surface area contributed by atoms with E-state index in [2.05, 4.69) is 5.32 Å². The number of nitrogens with one attached hydrogen (secondary N) is 1. The molecule has 0 aliphatic heterocycles. The molecule has 2 N–H and O–H groups in total. The van der Waals surface area contributed by atoms with Crippen LogP contribution in [-0.4, -0.2) is 24.2 Å². The van der Waals surface area contributed by atoms with E-state index in [0.717, 1.165) is 25.0 Å². The highest BCUT2D eigenvalue weighted by Crippen LogP contribution is 2.47. The second-order valence-electron chi connectivity index (χ2n) is 4.60. The fourth-order valence-corrected chi connectivity index (χ4v) is 1.86. The molecule has 0 atom stereocenters. The SMILES string of the molecule is Cc1cc(C(=O)NCC2(CCO)CC2)co1. The lowest BCUT2D eigenvalue weighted by Crippen LogP contribution is -2.30. The summed E-state index contributed by atoms with van der Waals surface area (Å²) in [7, 11) is 0. The maximum atomic E-state index is 11.7. The Labute approximate surface area is 94.6 Å². The summed E-state index contributed by atoms with van der Waals surface area (Å²) < 4.78 is 5.08. The topological polar surface area (TPSA) is 62.5 Å². The zero-order valence-electron chi connectivity index (χ0n) is 9.45. The van der Waals surface area contributed by atoms with Crippen LogP contribution in [-0.2, 0) is 0 Å². The lowest BCUT2D eigenvalue weighted by Gasteiger charge is -2.13. The van der Waals surface area contributed by atoms with E-state index in [0.29, 0.717) is 12.1 Å². The van der Waals surface area contributed by atoms with Crippen molar-refractivity contribution in [2.75, 3.05) is 13.2 Å². The van der Waals surface area contributed by atoms with Gasteiger partial charge >= 0.3 is 0 Å². The quantitative estimate of drug-likeness (QED) is 0.794. The van der Waals surface area contributed by atoms with Crippen molar-refractivity contribution in [3.05, 3.63) is 23.7 Å². The smallest absolute Gasteiger partial charge is 0.254 e. The van der Waals surface area contributed by atoms with E-state index in [9.17, 15) is 4.79 Å². The van der Waals surface area contributed by atoms with Gasteiger partial charge in [0.1, 0.15) is 12.0 Å². The molecule has 1 heterocycles. The molecule has 0 spiro atoms. The van der Waals surface area contributed by atoms with Gasteiger partial charge in [-0.1, -0.05) is 0 Å². The zero-order valence-corrected chi connectivity index (χ0v) is 9.45. The molecule has 1 amide bonds. The van der Waals surface area contributed by atoms with Gasteiger partial charge in [-0.3, -0.25) is 4.79 Å². The van der Waals surface area contributed by atoms with E-state index in [-0.39, 0.29) is 17.9 Å². The van der Waals surface area contributed by atoms with Gasteiger partial charge in [0.15, 0.2) is 0 Å². The Bertz CT molecular complexity index is 379. The highest BCUT2D eigenvalue weighted by Gasteiger charge is 2.41. The van der Waals surface area contributed by atoms with Gasteiger partial charge in [0.2, 0.25) is 0 Å². The lowest BCUT2D eigenvalue weighted by atomic mass is 10.0. The Morgan fingerprint density at radius 1 is 1.62 bits per heavy atom. The van der Waals surface area contributed by atoms with Crippen molar-refractivity contribution >= 4 is 5.91 Å². The molecule has 0 radical (unpaired) electrons. The van der Waals surface area contributed by atoms with Crippen molar-refractivity contribution in [2.24, 2.45) is 5.41 Å². The van der Waals surface area contributed by atoms with Gasteiger partial charge in [-0.15, -0.1) is 0 Å². The maximum absolute atomic E-state index is 11.7. The average Bonchev–Trinajstić information content (AvgIpc) is 2.89. The molecular formula is C12H17NO3. The molecule has 4 nitrogen and oxygen atoms in total. The molecule has 0 saturated heterocycles. The van der Waals surface area contributed by atoms with Gasteiger partial charge < -0.3 is 14.8 Å². The molecule has 1 aliphatic carbocycles. The first kappa shape index (κ1) is 11.2. The fraction of sp³-hybridized carbons (Fsp3) is 0.583. The first-order valence-corrected chi connectivity index (χ1v) is 5.59. The van der Waals surface area contributed by atoms with Gasteiger partial charge in [-0.2, -0.15) is 0 Å². The molecule has 1 aromatic rings. The number of carbonyl (C=O) groups excluding carboxylic acids is 1. The molecule has 88 valence electrons. The minimum atomic E-state index is -0.0962. The van der Waals surface area contributed by atoms with E-state index in [4.69, 9.17) is 9.52 Å². The van der Waals surface area contributed by atoms with Crippen molar-refractivity contribution in [1.29, 1.82) is 0 Å².